The lowest BCUT2D eigenvalue weighted by atomic mass is 9.83. The lowest BCUT2D eigenvalue weighted by molar-refractivity contribution is -0.121. The molecule has 1 saturated carbocycles. The molecule has 4 aromatic carbocycles. The molecule has 0 unspecified atom stereocenters. The number of hydrogen-bond donors (Lipinski definition) is 3. The number of halogens is 1. The summed E-state index contributed by atoms with van der Waals surface area (Å²) in [6.07, 6.45) is 3.23. The van der Waals surface area contributed by atoms with Crippen LogP contribution in [0.1, 0.15) is 36.0 Å². The van der Waals surface area contributed by atoms with E-state index in [-0.39, 0.29) is 28.7 Å². The Labute approximate surface area is 232 Å². The molecule has 4 aromatic rings. The van der Waals surface area contributed by atoms with Crippen LogP contribution >= 0.6 is 11.6 Å². The third-order valence-electron chi connectivity index (χ3n) is 7.14. The topological polar surface area (TPSA) is 118 Å². The van der Waals surface area contributed by atoms with Gasteiger partial charge in [0.2, 0.25) is 15.9 Å². The molecule has 7 nitrogen and oxygen atoms in total. The van der Waals surface area contributed by atoms with Gasteiger partial charge in [0.05, 0.1) is 10.8 Å². The second kappa shape index (κ2) is 11.2. The Balaban J connectivity index is 1.28. The Morgan fingerprint density at radius 1 is 0.846 bits per heavy atom. The zero-order chi connectivity index (χ0) is 27.6. The molecule has 4 N–H and O–H groups in total. The number of nitrogens with one attached hydrogen (secondary N) is 2. The van der Waals surface area contributed by atoms with E-state index < -0.39 is 10.0 Å². The van der Waals surface area contributed by atoms with Gasteiger partial charge in [0.1, 0.15) is 0 Å². The third-order valence-corrected chi connectivity index (χ3v) is 8.34. The van der Waals surface area contributed by atoms with E-state index in [4.69, 9.17) is 16.7 Å². The van der Waals surface area contributed by atoms with Crippen LogP contribution < -0.4 is 15.8 Å². The summed E-state index contributed by atoms with van der Waals surface area (Å²) in [4.78, 5) is 26.4. The third kappa shape index (κ3) is 6.14. The quantitative estimate of drug-likeness (QED) is 0.278. The van der Waals surface area contributed by atoms with Crippen molar-refractivity contribution in [2.24, 2.45) is 11.1 Å². The number of anilines is 1. The minimum Gasteiger partial charge on any atom is -0.349 e. The van der Waals surface area contributed by atoms with Gasteiger partial charge in [-0.25, -0.2) is 13.6 Å². The Morgan fingerprint density at radius 2 is 1.54 bits per heavy atom. The molecule has 2 atom stereocenters. The van der Waals surface area contributed by atoms with E-state index in [0.717, 1.165) is 30.0 Å². The van der Waals surface area contributed by atoms with Crippen LogP contribution in [0, 0.1) is 5.92 Å². The SMILES string of the molecule is NS(=O)(=O)c1ccccc1-c1ccc(NC(=O)[C@H]2CCCC[C@H]2NC(=O)c2ccc3cc(Cl)ccc3c2)cc1. The first kappa shape index (κ1) is 26.9. The Morgan fingerprint density at radius 3 is 2.31 bits per heavy atom. The highest BCUT2D eigenvalue weighted by Gasteiger charge is 2.32. The van der Waals surface area contributed by atoms with E-state index in [1.165, 1.54) is 6.07 Å². The van der Waals surface area contributed by atoms with Gasteiger partial charge in [0, 0.05) is 27.9 Å². The molecule has 0 bridgehead atoms. The van der Waals surface area contributed by atoms with Crippen molar-refractivity contribution in [3.8, 4) is 11.1 Å². The molecule has 0 aliphatic heterocycles. The van der Waals surface area contributed by atoms with Crippen LogP contribution in [0.3, 0.4) is 0 Å². The van der Waals surface area contributed by atoms with Crippen LogP contribution in [-0.2, 0) is 14.8 Å². The average Bonchev–Trinajstić information content (AvgIpc) is 2.93. The first-order valence-corrected chi connectivity index (χ1v) is 14.6. The second-order valence-electron chi connectivity index (χ2n) is 9.78. The van der Waals surface area contributed by atoms with Crippen LogP contribution in [0.15, 0.2) is 89.8 Å². The van der Waals surface area contributed by atoms with Crippen LogP contribution in [-0.4, -0.2) is 26.3 Å². The molecular formula is C30H28ClN3O4S. The van der Waals surface area contributed by atoms with Gasteiger partial charge in [0.15, 0.2) is 0 Å². The lowest BCUT2D eigenvalue weighted by Crippen LogP contribution is -2.46. The first-order valence-electron chi connectivity index (χ1n) is 12.7. The zero-order valence-corrected chi connectivity index (χ0v) is 22.6. The maximum Gasteiger partial charge on any atom is 0.251 e. The summed E-state index contributed by atoms with van der Waals surface area (Å²) in [6, 6.07) is 24.1. The maximum absolute atomic E-state index is 13.3. The molecule has 0 radical (unpaired) electrons. The van der Waals surface area contributed by atoms with Gasteiger partial charge in [0.25, 0.3) is 5.91 Å². The predicted octanol–water partition coefficient (Wildman–Crippen LogP) is 5.73. The second-order valence-corrected chi connectivity index (χ2v) is 11.8. The number of carbonyl (C=O) groups excluding carboxylic acids is 2. The number of rotatable bonds is 6. The Bertz CT molecular complexity index is 1650. The fraction of sp³-hybridized carbons (Fsp3) is 0.200. The van der Waals surface area contributed by atoms with Crippen LogP contribution in [0.5, 0.6) is 0 Å². The van der Waals surface area contributed by atoms with Gasteiger partial charge < -0.3 is 10.6 Å². The first-order chi connectivity index (χ1) is 18.7. The van der Waals surface area contributed by atoms with E-state index in [1.807, 2.05) is 24.3 Å². The van der Waals surface area contributed by atoms with Crippen molar-refractivity contribution in [2.45, 2.75) is 36.6 Å². The number of primary sulfonamides is 1. The van der Waals surface area contributed by atoms with Gasteiger partial charge >= 0.3 is 0 Å². The molecule has 39 heavy (non-hydrogen) atoms. The van der Waals surface area contributed by atoms with Crippen molar-refractivity contribution in [2.75, 3.05) is 5.32 Å². The number of benzene rings is 4. The van der Waals surface area contributed by atoms with Crippen LogP contribution in [0.4, 0.5) is 5.69 Å². The van der Waals surface area contributed by atoms with Crippen LogP contribution in [0.2, 0.25) is 5.02 Å². The van der Waals surface area contributed by atoms with E-state index in [2.05, 4.69) is 10.6 Å². The van der Waals surface area contributed by atoms with Gasteiger partial charge in [-0.1, -0.05) is 66.9 Å². The lowest BCUT2D eigenvalue weighted by Gasteiger charge is -2.31. The summed E-state index contributed by atoms with van der Waals surface area (Å²) in [5.41, 5.74) is 2.27. The summed E-state index contributed by atoms with van der Waals surface area (Å²) in [5, 5.41) is 13.9. The number of amides is 2. The normalized spacial score (nSPS) is 17.5. The van der Waals surface area contributed by atoms with E-state index in [1.54, 1.807) is 54.6 Å². The Hall–Kier alpha value is -3.72. The number of hydrogen-bond acceptors (Lipinski definition) is 4. The van der Waals surface area contributed by atoms with Crippen LogP contribution in [0.25, 0.3) is 21.9 Å². The van der Waals surface area contributed by atoms with Crippen molar-refractivity contribution in [1.82, 2.24) is 5.32 Å². The van der Waals surface area contributed by atoms with E-state index >= 15 is 0 Å². The number of nitrogens with two attached hydrogens (primary N) is 1. The number of fused-ring (bicyclic) bond motifs is 1. The van der Waals surface area contributed by atoms with Crippen molar-refractivity contribution >= 4 is 49.9 Å². The molecule has 0 aromatic heterocycles. The van der Waals surface area contributed by atoms with Gasteiger partial charge in [-0.15, -0.1) is 0 Å². The van der Waals surface area contributed by atoms with Gasteiger partial charge in [-0.3, -0.25) is 9.59 Å². The Kier molecular flexibility index (Phi) is 7.70. The summed E-state index contributed by atoms with van der Waals surface area (Å²) >= 11 is 6.07. The van der Waals surface area contributed by atoms with Crippen molar-refractivity contribution in [1.29, 1.82) is 0 Å². The average molecular weight is 562 g/mol. The molecule has 0 heterocycles. The number of sulfonamides is 1. The minimum atomic E-state index is -3.88. The standard InChI is InChI=1S/C30H28ClN3O4S/c31-23-14-11-20-17-22(10-9-21(20)18-23)29(35)34-27-7-3-1-6-26(27)30(36)33-24-15-12-19(13-16-24)25-5-2-4-8-28(25)39(32,37)38/h2,4-5,8-18,26-27H,1,3,6-7H2,(H,33,36)(H,34,35)(H2,32,37,38)/t26-,27+/m0/s1. The fourth-order valence-electron chi connectivity index (χ4n) is 5.15. The highest BCUT2D eigenvalue weighted by molar-refractivity contribution is 7.89. The highest BCUT2D eigenvalue weighted by Crippen LogP contribution is 2.30. The monoisotopic (exact) mass is 561 g/mol. The largest absolute Gasteiger partial charge is 0.349 e. The van der Waals surface area contributed by atoms with Crippen molar-refractivity contribution < 1.29 is 18.0 Å². The highest BCUT2D eigenvalue weighted by atomic mass is 35.5. The molecule has 2 amide bonds. The molecule has 5 rings (SSSR count). The molecule has 9 heteroatoms. The van der Waals surface area contributed by atoms with Gasteiger partial charge in [-0.05, 0) is 71.6 Å². The molecule has 1 fully saturated rings. The van der Waals surface area contributed by atoms with E-state index in [0.29, 0.717) is 33.8 Å². The maximum atomic E-state index is 13.3. The van der Waals surface area contributed by atoms with Gasteiger partial charge in [-0.2, -0.15) is 0 Å². The molecular weight excluding hydrogens is 534 g/mol. The molecule has 1 aliphatic rings. The molecule has 1 aliphatic carbocycles. The molecule has 200 valence electrons. The van der Waals surface area contributed by atoms with Crippen molar-refractivity contribution in [3.05, 3.63) is 95.5 Å². The smallest absolute Gasteiger partial charge is 0.251 e. The fourth-order valence-corrected chi connectivity index (χ4v) is 6.09. The molecule has 0 saturated heterocycles. The summed E-state index contributed by atoms with van der Waals surface area (Å²) in [7, 11) is -3.88. The summed E-state index contributed by atoms with van der Waals surface area (Å²) in [6.45, 7) is 0. The molecule has 0 spiro atoms. The summed E-state index contributed by atoms with van der Waals surface area (Å²) < 4.78 is 23.9. The number of carbonyl (C=O) groups is 2. The zero-order valence-electron chi connectivity index (χ0n) is 21.1. The predicted molar refractivity (Wildman–Crippen MR) is 154 cm³/mol. The summed E-state index contributed by atoms with van der Waals surface area (Å²) in [5.74, 6) is -0.745. The van der Waals surface area contributed by atoms with Crippen molar-refractivity contribution in [3.63, 3.8) is 0 Å². The minimum absolute atomic E-state index is 0.0396. The van der Waals surface area contributed by atoms with E-state index in [9.17, 15) is 18.0 Å².